The van der Waals surface area contributed by atoms with E-state index in [1.807, 2.05) is 29.9 Å². The monoisotopic (exact) mass is 230 g/mol. The van der Waals surface area contributed by atoms with E-state index in [4.69, 9.17) is 5.73 Å². The topological polar surface area (TPSA) is 56.7 Å². The maximum absolute atomic E-state index is 5.89. The standard InChI is InChI=1S/C13H18N4/c1-9(2)17-7-5-11(16-17)8-12-10(3)4-6-15-13(12)14/h4-7,9H,8H2,1-3H3,(H2,14,15). The molecule has 90 valence electrons. The van der Waals surface area contributed by atoms with Gasteiger partial charge in [-0.25, -0.2) is 4.98 Å². The first kappa shape index (κ1) is 11.6. The van der Waals surface area contributed by atoms with Crippen LogP contribution in [0.5, 0.6) is 0 Å². The first-order valence-corrected chi connectivity index (χ1v) is 5.82. The lowest BCUT2D eigenvalue weighted by atomic mass is 10.1. The third kappa shape index (κ3) is 2.46. The Morgan fingerprint density at radius 3 is 2.71 bits per heavy atom. The smallest absolute Gasteiger partial charge is 0.127 e. The fraction of sp³-hybridized carbons (Fsp3) is 0.385. The number of pyridine rings is 1. The maximum Gasteiger partial charge on any atom is 0.127 e. The van der Waals surface area contributed by atoms with E-state index in [0.717, 1.165) is 23.2 Å². The SMILES string of the molecule is Cc1ccnc(N)c1Cc1ccn(C(C)C)n1. The molecular weight excluding hydrogens is 212 g/mol. The molecule has 2 N–H and O–H groups in total. The number of hydrogen-bond donors (Lipinski definition) is 1. The van der Waals surface area contributed by atoms with Crippen molar-refractivity contribution in [3.05, 3.63) is 41.3 Å². The van der Waals surface area contributed by atoms with Crippen LogP contribution in [-0.4, -0.2) is 14.8 Å². The fourth-order valence-electron chi connectivity index (χ4n) is 1.78. The molecule has 2 aromatic heterocycles. The van der Waals surface area contributed by atoms with Gasteiger partial charge in [0.15, 0.2) is 0 Å². The lowest BCUT2D eigenvalue weighted by molar-refractivity contribution is 0.527. The van der Waals surface area contributed by atoms with E-state index in [9.17, 15) is 0 Å². The first-order valence-electron chi connectivity index (χ1n) is 5.82. The van der Waals surface area contributed by atoms with Crippen molar-refractivity contribution in [1.29, 1.82) is 0 Å². The van der Waals surface area contributed by atoms with Crippen LogP contribution in [0.4, 0.5) is 5.82 Å². The number of nitrogens with zero attached hydrogens (tertiary/aromatic N) is 3. The van der Waals surface area contributed by atoms with Crippen molar-refractivity contribution < 1.29 is 0 Å². The van der Waals surface area contributed by atoms with Gasteiger partial charge in [0.2, 0.25) is 0 Å². The number of anilines is 1. The number of nitrogens with two attached hydrogens (primary N) is 1. The van der Waals surface area contributed by atoms with Gasteiger partial charge in [-0.2, -0.15) is 5.10 Å². The molecule has 0 aliphatic heterocycles. The highest BCUT2D eigenvalue weighted by Crippen LogP contribution is 2.17. The van der Waals surface area contributed by atoms with E-state index in [1.165, 1.54) is 0 Å². The zero-order chi connectivity index (χ0) is 12.4. The van der Waals surface area contributed by atoms with Crippen LogP contribution in [0.2, 0.25) is 0 Å². The van der Waals surface area contributed by atoms with Crippen LogP contribution in [0.15, 0.2) is 24.5 Å². The lowest BCUT2D eigenvalue weighted by Gasteiger charge is -2.07. The van der Waals surface area contributed by atoms with Crippen molar-refractivity contribution in [2.45, 2.75) is 33.2 Å². The fourth-order valence-corrected chi connectivity index (χ4v) is 1.78. The molecule has 2 heterocycles. The molecule has 0 amide bonds. The minimum atomic E-state index is 0.385. The highest BCUT2D eigenvalue weighted by Gasteiger charge is 2.08. The summed E-state index contributed by atoms with van der Waals surface area (Å²) < 4.78 is 1.96. The Morgan fingerprint density at radius 2 is 2.12 bits per heavy atom. The normalized spacial score (nSPS) is 11.1. The molecule has 0 aliphatic rings. The van der Waals surface area contributed by atoms with E-state index in [0.29, 0.717) is 11.9 Å². The van der Waals surface area contributed by atoms with Gasteiger partial charge in [0.05, 0.1) is 5.69 Å². The van der Waals surface area contributed by atoms with E-state index in [2.05, 4.69) is 23.9 Å². The molecule has 0 saturated heterocycles. The molecule has 2 aromatic rings. The Bertz CT molecular complexity index is 494. The molecule has 0 spiro atoms. The van der Waals surface area contributed by atoms with Crippen molar-refractivity contribution >= 4 is 5.82 Å². The Hall–Kier alpha value is -1.84. The summed E-state index contributed by atoms with van der Waals surface area (Å²) in [6.07, 6.45) is 4.48. The summed E-state index contributed by atoms with van der Waals surface area (Å²) in [5, 5.41) is 4.52. The minimum Gasteiger partial charge on any atom is -0.383 e. The van der Waals surface area contributed by atoms with E-state index < -0.39 is 0 Å². The second-order valence-corrected chi connectivity index (χ2v) is 4.55. The van der Waals surface area contributed by atoms with Crippen LogP contribution in [0.1, 0.15) is 36.7 Å². The highest BCUT2D eigenvalue weighted by molar-refractivity contribution is 5.45. The molecule has 17 heavy (non-hydrogen) atoms. The van der Waals surface area contributed by atoms with Gasteiger partial charge in [0.25, 0.3) is 0 Å². The van der Waals surface area contributed by atoms with E-state index in [1.54, 1.807) is 6.20 Å². The van der Waals surface area contributed by atoms with E-state index in [-0.39, 0.29) is 0 Å². The van der Waals surface area contributed by atoms with E-state index >= 15 is 0 Å². The van der Waals surface area contributed by atoms with Gasteiger partial charge in [-0.15, -0.1) is 0 Å². The van der Waals surface area contributed by atoms with Gasteiger partial charge in [-0.1, -0.05) is 0 Å². The number of hydrogen-bond acceptors (Lipinski definition) is 3. The second-order valence-electron chi connectivity index (χ2n) is 4.55. The summed E-state index contributed by atoms with van der Waals surface area (Å²) in [4.78, 5) is 4.12. The summed E-state index contributed by atoms with van der Waals surface area (Å²) in [7, 11) is 0. The Kier molecular flexibility index (Phi) is 3.13. The van der Waals surface area contributed by atoms with Crippen LogP contribution in [0, 0.1) is 6.92 Å². The van der Waals surface area contributed by atoms with Crippen LogP contribution < -0.4 is 5.73 Å². The summed E-state index contributed by atoms with van der Waals surface area (Å²) in [6, 6.07) is 4.40. The Morgan fingerprint density at radius 1 is 1.35 bits per heavy atom. The highest BCUT2D eigenvalue weighted by atomic mass is 15.3. The zero-order valence-electron chi connectivity index (χ0n) is 10.5. The quantitative estimate of drug-likeness (QED) is 0.880. The summed E-state index contributed by atoms with van der Waals surface area (Å²) in [5.74, 6) is 0.601. The average molecular weight is 230 g/mol. The van der Waals surface area contributed by atoms with Crippen molar-refractivity contribution in [3.63, 3.8) is 0 Å². The summed E-state index contributed by atoms with van der Waals surface area (Å²) in [5.41, 5.74) is 9.15. The number of nitrogen functional groups attached to an aromatic ring is 1. The molecule has 0 bridgehead atoms. The van der Waals surface area contributed by atoms with Gasteiger partial charge in [-0.3, -0.25) is 4.68 Å². The predicted octanol–water partition coefficient (Wildman–Crippen LogP) is 2.34. The Labute approximate surface area is 101 Å². The van der Waals surface area contributed by atoms with Crippen molar-refractivity contribution in [2.75, 3.05) is 5.73 Å². The third-order valence-electron chi connectivity index (χ3n) is 2.87. The second kappa shape index (κ2) is 4.57. The number of aryl methyl sites for hydroxylation is 1. The van der Waals surface area contributed by atoms with Crippen LogP contribution in [-0.2, 0) is 6.42 Å². The van der Waals surface area contributed by atoms with Crippen molar-refractivity contribution in [2.24, 2.45) is 0 Å². The van der Waals surface area contributed by atoms with Gasteiger partial charge >= 0.3 is 0 Å². The molecule has 0 fully saturated rings. The molecule has 0 radical (unpaired) electrons. The van der Waals surface area contributed by atoms with Gasteiger partial charge in [0.1, 0.15) is 5.82 Å². The molecule has 0 atom stereocenters. The molecule has 4 nitrogen and oxygen atoms in total. The maximum atomic E-state index is 5.89. The zero-order valence-corrected chi connectivity index (χ0v) is 10.5. The van der Waals surface area contributed by atoms with Gasteiger partial charge in [-0.05, 0) is 38.5 Å². The van der Waals surface area contributed by atoms with Gasteiger partial charge in [0, 0.05) is 30.4 Å². The molecule has 2 rings (SSSR count). The first-order chi connectivity index (χ1) is 8.08. The summed E-state index contributed by atoms with van der Waals surface area (Å²) in [6.45, 7) is 6.27. The molecule has 0 saturated carbocycles. The Balaban J connectivity index is 2.25. The average Bonchev–Trinajstić information content (AvgIpc) is 2.72. The summed E-state index contributed by atoms with van der Waals surface area (Å²) >= 11 is 0. The van der Waals surface area contributed by atoms with Crippen molar-refractivity contribution in [1.82, 2.24) is 14.8 Å². The van der Waals surface area contributed by atoms with Gasteiger partial charge < -0.3 is 5.73 Å². The molecule has 4 heteroatoms. The largest absolute Gasteiger partial charge is 0.383 e. The van der Waals surface area contributed by atoms with Crippen molar-refractivity contribution in [3.8, 4) is 0 Å². The predicted molar refractivity (Wildman–Crippen MR) is 68.8 cm³/mol. The van der Waals surface area contributed by atoms with Crippen LogP contribution >= 0.6 is 0 Å². The van der Waals surface area contributed by atoms with Crippen LogP contribution in [0.25, 0.3) is 0 Å². The minimum absolute atomic E-state index is 0.385. The number of aromatic nitrogens is 3. The number of rotatable bonds is 3. The third-order valence-corrected chi connectivity index (χ3v) is 2.87. The molecule has 0 aliphatic carbocycles. The molecule has 0 aromatic carbocycles. The van der Waals surface area contributed by atoms with Crippen LogP contribution in [0.3, 0.4) is 0 Å². The molecule has 0 unspecified atom stereocenters. The lowest BCUT2D eigenvalue weighted by Crippen LogP contribution is -2.04. The molecular formula is C13H18N4.